The molecule has 0 radical (unpaired) electrons. The van der Waals surface area contributed by atoms with Crippen LogP contribution >= 0.6 is 0 Å². The fourth-order valence-electron chi connectivity index (χ4n) is 4.98. The van der Waals surface area contributed by atoms with Gasteiger partial charge in [0.2, 0.25) is 0 Å². The van der Waals surface area contributed by atoms with Crippen molar-refractivity contribution < 1.29 is 4.79 Å². The summed E-state index contributed by atoms with van der Waals surface area (Å²) in [6.07, 6.45) is 0. The molecular weight excluding hydrogens is 360 g/mol. The Hall–Kier alpha value is -2.92. The highest BCUT2D eigenvalue weighted by molar-refractivity contribution is 5.94. The molecule has 29 heavy (non-hydrogen) atoms. The van der Waals surface area contributed by atoms with E-state index in [9.17, 15) is 4.79 Å². The second-order valence-electron chi connectivity index (χ2n) is 8.27. The Morgan fingerprint density at radius 1 is 1.03 bits per heavy atom. The number of nitrogens with zero attached hydrogens (tertiary/aromatic N) is 2. The highest BCUT2D eigenvalue weighted by Crippen LogP contribution is 2.44. The van der Waals surface area contributed by atoms with E-state index >= 15 is 0 Å². The molecule has 0 bridgehead atoms. The molecule has 0 saturated carbocycles. The number of likely N-dealkylation sites (tertiary alicyclic amines) is 1. The first-order valence-corrected chi connectivity index (χ1v) is 10.3. The van der Waals surface area contributed by atoms with Crippen molar-refractivity contribution in [2.24, 2.45) is 11.8 Å². The zero-order valence-electron chi connectivity index (χ0n) is 16.9. The van der Waals surface area contributed by atoms with Crippen molar-refractivity contribution in [3.8, 4) is 11.4 Å². The van der Waals surface area contributed by atoms with Gasteiger partial charge in [0.25, 0.3) is 5.91 Å². The van der Waals surface area contributed by atoms with Gasteiger partial charge in [-0.1, -0.05) is 54.6 Å². The summed E-state index contributed by atoms with van der Waals surface area (Å²) in [5.74, 6) is 1.73. The molecule has 2 saturated heterocycles. The Morgan fingerprint density at radius 3 is 2.59 bits per heavy atom. The summed E-state index contributed by atoms with van der Waals surface area (Å²) in [6.45, 7) is 6.80. The topological polar surface area (TPSA) is 61.0 Å². The maximum atomic E-state index is 13.7. The Bertz CT molecular complexity index is 1040. The van der Waals surface area contributed by atoms with E-state index in [4.69, 9.17) is 4.98 Å². The van der Waals surface area contributed by atoms with E-state index in [1.165, 1.54) is 11.1 Å². The molecule has 5 rings (SSSR count). The van der Waals surface area contributed by atoms with Crippen LogP contribution in [0.5, 0.6) is 0 Å². The van der Waals surface area contributed by atoms with E-state index < -0.39 is 0 Å². The van der Waals surface area contributed by atoms with Crippen LogP contribution in [0.25, 0.3) is 11.4 Å². The van der Waals surface area contributed by atoms with Crippen molar-refractivity contribution in [3.05, 3.63) is 77.1 Å². The number of hydrogen-bond acceptors (Lipinski definition) is 3. The van der Waals surface area contributed by atoms with E-state index in [2.05, 4.69) is 46.4 Å². The number of hydrogen-bond donors (Lipinski definition) is 2. The minimum absolute atomic E-state index is 0.0311. The summed E-state index contributed by atoms with van der Waals surface area (Å²) in [5.41, 5.74) is 4.86. The number of imidazole rings is 1. The molecule has 0 unspecified atom stereocenters. The minimum Gasteiger partial charge on any atom is -0.341 e. The number of carbonyl (C=O) groups is 1. The number of benzene rings is 2. The number of rotatable bonds is 3. The molecule has 3 aromatic rings. The highest BCUT2D eigenvalue weighted by atomic mass is 16.2. The van der Waals surface area contributed by atoms with Crippen LogP contribution in [0.2, 0.25) is 0 Å². The molecule has 2 aliphatic rings. The standard InChI is InChI=1S/C24H26N4O/c1-15-8-6-7-11-19(15)22-20-13-25-12-18(20)14-28(22)24(29)21-16(2)26-23(27-21)17-9-4-3-5-10-17/h3-11,18,20,22,25H,12-14H2,1-2H3,(H,26,27)/t18-,20-,22+/m0/s1. The largest absolute Gasteiger partial charge is 0.341 e. The van der Waals surface area contributed by atoms with Crippen LogP contribution in [-0.2, 0) is 0 Å². The van der Waals surface area contributed by atoms with Crippen LogP contribution in [0.4, 0.5) is 0 Å². The maximum Gasteiger partial charge on any atom is 0.274 e. The van der Waals surface area contributed by atoms with E-state index in [0.29, 0.717) is 17.5 Å². The normalized spacial score (nSPS) is 23.4. The molecule has 5 heteroatoms. The minimum atomic E-state index is 0.0311. The molecular formula is C24H26N4O. The van der Waals surface area contributed by atoms with Crippen LogP contribution < -0.4 is 5.32 Å². The fraction of sp³-hybridized carbons (Fsp3) is 0.333. The lowest BCUT2D eigenvalue weighted by Gasteiger charge is -2.29. The van der Waals surface area contributed by atoms with Gasteiger partial charge in [0.1, 0.15) is 11.5 Å². The molecule has 2 aliphatic heterocycles. The van der Waals surface area contributed by atoms with Crippen LogP contribution in [0.1, 0.15) is 33.4 Å². The SMILES string of the molecule is Cc1ccccc1[C@@H]1[C@H]2CNC[C@H]2CN1C(=O)c1nc(-c2ccccc2)[nH]c1C. The maximum absolute atomic E-state index is 13.7. The first kappa shape index (κ1) is 18.1. The quantitative estimate of drug-likeness (QED) is 0.721. The van der Waals surface area contributed by atoms with Gasteiger partial charge in [0, 0.05) is 36.8 Å². The zero-order chi connectivity index (χ0) is 20.0. The Balaban J connectivity index is 1.52. The molecule has 2 aromatic carbocycles. The molecule has 0 spiro atoms. The number of fused-ring (bicyclic) bond motifs is 1. The molecule has 148 valence electrons. The van der Waals surface area contributed by atoms with Gasteiger partial charge in [0.05, 0.1) is 6.04 Å². The molecule has 2 fully saturated rings. The predicted octanol–water partition coefficient (Wildman–Crippen LogP) is 3.73. The monoisotopic (exact) mass is 386 g/mol. The number of nitrogens with one attached hydrogen (secondary N) is 2. The van der Waals surface area contributed by atoms with Gasteiger partial charge < -0.3 is 15.2 Å². The summed E-state index contributed by atoms with van der Waals surface area (Å²) in [6, 6.07) is 18.5. The Labute approximate surface area is 171 Å². The summed E-state index contributed by atoms with van der Waals surface area (Å²) in [4.78, 5) is 23.7. The van der Waals surface area contributed by atoms with Crippen molar-refractivity contribution in [1.82, 2.24) is 20.2 Å². The van der Waals surface area contributed by atoms with Crippen LogP contribution in [0.3, 0.4) is 0 Å². The lowest BCUT2D eigenvalue weighted by atomic mass is 9.87. The number of aryl methyl sites for hydroxylation is 2. The zero-order valence-corrected chi connectivity index (χ0v) is 16.9. The van der Waals surface area contributed by atoms with E-state index in [-0.39, 0.29) is 11.9 Å². The van der Waals surface area contributed by atoms with Crippen molar-refractivity contribution in [1.29, 1.82) is 0 Å². The van der Waals surface area contributed by atoms with Gasteiger partial charge in [-0.2, -0.15) is 0 Å². The fourth-order valence-corrected chi connectivity index (χ4v) is 4.98. The molecule has 2 N–H and O–H groups in total. The third kappa shape index (κ3) is 3.06. The number of H-pyrrole nitrogens is 1. The van der Waals surface area contributed by atoms with Gasteiger partial charge in [0.15, 0.2) is 0 Å². The first-order valence-electron chi connectivity index (χ1n) is 10.3. The van der Waals surface area contributed by atoms with Crippen molar-refractivity contribution >= 4 is 5.91 Å². The lowest BCUT2D eigenvalue weighted by Crippen LogP contribution is -2.35. The molecule has 5 nitrogen and oxygen atoms in total. The second-order valence-corrected chi connectivity index (χ2v) is 8.27. The summed E-state index contributed by atoms with van der Waals surface area (Å²) < 4.78 is 0. The van der Waals surface area contributed by atoms with Crippen LogP contribution in [-0.4, -0.2) is 40.4 Å². The molecule has 3 heterocycles. The van der Waals surface area contributed by atoms with Crippen LogP contribution in [0, 0.1) is 25.7 Å². The summed E-state index contributed by atoms with van der Waals surface area (Å²) in [5, 5.41) is 3.52. The number of aromatic nitrogens is 2. The van der Waals surface area contributed by atoms with Crippen molar-refractivity contribution in [2.45, 2.75) is 19.9 Å². The van der Waals surface area contributed by atoms with Gasteiger partial charge in [-0.25, -0.2) is 4.98 Å². The Morgan fingerprint density at radius 2 is 1.79 bits per heavy atom. The smallest absolute Gasteiger partial charge is 0.274 e. The molecule has 1 aromatic heterocycles. The van der Waals surface area contributed by atoms with Crippen LogP contribution in [0.15, 0.2) is 54.6 Å². The van der Waals surface area contributed by atoms with E-state index in [0.717, 1.165) is 36.7 Å². The van der Waals surface area contributed by atoms with E-state index in [1.807, 2.05) is 37.3 Å². The van der Waals surface area contributed by atoms with Crippen molar-refractivity contribution in [2.75, 3.05) is 19.6 Å². The van der Waals surface area contributed by atoms with Gasteiger partial charge >= 0.3 is 0 Å². The van der Waals surface area contributed by atoms with Crippen molar-refractivity contribution in [3.63, 3.8) is 0 Å². The summed E-state index contributed by atoms with van der Waals surface area (Å²) in [7, 11) is 0. The first-order chi connectivity index (χ1) is 14.1. The number of carbonyl (C=O) groups excluding carboxylic acids is 1. The summed E-state index contributed by atoms with van der Waals surface area (Å²) >= 11 is 0. The third-order valence-corrected chi connectivity index (χ3v) is 6.47. The molecule has 1 amide bonds. The third-order valence-electron chi connectivity index (χ3n) is 6.47. The lowest BCUT2D eigenvalue weighted by molar-refractivity contribution is 0.0707. The number of amides is 1. The van der Waals surface area contributed by atoms with Gasteiger partial charge in [-0.15, -0.1) is 0 Å². The van der Waals surface area contributed by atoms with Gasteiger partial charge in [-0.3, -0.25) is 4.79 Å². The number of aromatic amines is 1. The highest BCUT2D eigenvalue weighted by Gasteiger charge is 2.47. The second kappa shape index (κ2) is 7.16. The molecule has 3 atom stereocenters. The predicted molar refractivity (Wildman–Crippen MR) is 114 cm³/mol. The van der Waals surface area contributed by atoms with Gasteiger partial charge in [-0.05, 0) is 30.9 Å². The average molecular weight is 386 g/mol. The van der Waals surface area contributed by atoms with E-state index in [1.54, 1.807) is 0 Å². The Kier molecular flexibility index (Phi) is 4.47. The average Bonchev–Trinajstić information content (AvgIpc) is 3.43. The molecule has 0 aliphatic carbocycles.